The van der Waals surface area contributed by atoms with Crippen LogP contribution in [-0.2, 0) is 0 Å². The van der Waals surface area contributed by atoms with E-state index in [1.807, 2.05) is 0 Å². The molecule has 0 saturated carbocycles. The van der Waals surface area contributed by atoms with E-state index in [2.05, 4.69) is 6.92 Å². The highest BCUT2D eigenvalue weighted by Crippen LogP contribution is 2.23. The average molecular weight is 211 g/mol. The molecule has 3 N–H and O–H groups in total. The Morgan fingerprint density at radius 2 is 2.13 bits per heavy atom. The zero-order valence-corrected chi connectivity index (χ0v) is 9.04. The van der Waals surface area contributed by atoms with Crippen molar-refractivity contribution in [3.63, 3.8) is 0 Å². The largest absolute Gasteiger partial charge is 0.508 e. The highest BCUT2D eigenvalue weighted by molar-refractivity contribution is 5.29. The first-order valence-corrected chi connectivity index (χ1v) is 5.39. The van der Waals surface area contributed by atoms with E-state index in [9.17, 15) is 4.39 Å². The van der Waals surface area contributed by atoms with Crippen molar-refractivity contribution in [2.75, 3.05) is 0 Å². The number of hydrogen-bond acceptors (Lipinski definition) is 2. The van der Waals surface area contributed by atoms with Gasteiger partial charge in [-0.1, -0.05) is 32.3 Å². The van der Waals surface area contributed by atoms with Gasteiger partial charge in [0, 0.05) is 17.7 Å². The summed E-state index contributed by atoms with van der Waals surface area (Å²) in [5.74, 6) is -0.476. The van der Waals surface area contributed by atoms with Crippen LogP contribution in [0.1, 0.15) is 44.2 Å². The summed E-state index contributed by atoms with van der Waals surface area (Å²) in [6.07, 6.45) is 4.05. The van der Waals surface area contributed by atoms with Crippen molar-refractivity contribution in [1.82, 2.24) is 0 Å². The van der Waals surface area contributed by atoms with Crippen molar-refractivity contribution in [3.05, 3.63) is 29.6 Å². The van der Waals surface area contributed by atoms with Crippen LogP contribution in [0.25, 0.3) is 0 Å². The first kappa shape index (κ1) is 12.0. The predicted molar refractivity (Wildman–Crippen MR) is 59.1 cm³/mol. The van der Waals surface area contributed by atoms with Crippen LogP contribution in [-0.4, -0.2) is 5.11 Å². The van der Waals surface area contributed by atoms with Gasteiger partial charge in [-0.2, -0.15) is 0 Å². The lowest BCUT2D eigenvalue weighted by atomic mass is 10.0. The van der Waals surface area contributed by atoms with Gasteiger partial charge in [-0.05, 0) is 12.5 Å². The fourth-order valence-electron chi connectivity index (χ4n) is 1.59. The van der Waals surface area contributed by atoms with Crippen molar-refractivity contribution in [2.24, 2.45) is 5.73 Å². The van der Waals surface area contributed by atoms with Crippen molar-refractivity contribution in [1.29, 1.82) is 0 Å². The maximum absolute atomic E-state index is 13.4. The molecule has 1 rings (SSSR count). The van der Waals surface area contributed by atoms with E-state index < -0.39 is 5.82 Å². The standard InChI is InChI=1S/C12H18FNO/c1-2-3-4-5-12(14)10-7-6-9(15)8-11(10)13/h6-8,12,15H,2-5,14H2,1H3/t12-/m0/s1. The number of nitrogens with two attached hydrogens (primary N) is 1. The SMILES string of the molecule is CCCCC[C@H](N)c1ccc(O)cc1F. The molecule has 2 nitrogen and oxygen atoms in total. The summed E-state index contributed by atoms with van der Waals surface area (Å²) < 4.78 is 13.4. The Morgan fingerprint density at radius 3 is 2.73 bits per heavy atom. The van der Waals surface area contributed by atoms with Crippen LogP contribution in [0.4, 0.5) is 4.39 Å². The molecule has 0 bridgehead atoms. The minimum Gasteiger partial charge on any atom is -0.508 e. The summed E-state index contributed by atoms with van der Waals surface area (Å²) in [5, 5.41) is 9.05. The van der Waals surface area contributed by atoms with E-state index in [1.54, 1.807) is 6.07 Å². The molecule has 1 aromatic carbocycles. The average Bonchev–Trinajstić information content (AvgIpc) is 2.17. The van der Waals surface area contributed by atoms with Gasteiger partial charge in [0.05, 0.1) is 0 Å². The third-order valence-electron chi connectivity index (χ3n) is 2.50. The summed E-state index contributed by atoms with van der Waals surface area (Å²) in [6, 6.07) is 3.87. The van der Waals surface area contributed by atoms with Crippen LogP contribution < -0.4 is 5.73 Å². The molecule has 15 heavy (non-hydrogen) atoms. The van der Waals surface area contributed by atoms with Gasteiger partial charge in [-0.15, -0.1) is 0 Å². The smallest absolute Gasteiger partial charge is 0.131 e. The molecule has 0 aliphatic rings. The zero-order valence-electron chi connectivity index (χ0n) is 9.04. The maximum Gasteiger partial charge on any atom is 0.131 e. The van der Waals surface area contributed by atoms with E-state index in [0.717, 1.165) is 31.7 Å². The van der Waals surface area contributed by atoms with E-state index >= 15 is 0 Å². The number of benzene rings is 1. The minimum atomic E-state index is -0.418. The highest BCUT2D eigenvalue weighted by Gasteiger charge is 2.11. The molecule has 1 aromatic rings. The van der Waals surface area contributed by atoms with Gasteiger partial charge in [0.15, 0.2) is 0 Å². The Kier molecular flexibility index (Phi) is 4.56. The molecule has 0 aliphatic heterocycles. The van der Waals surface area contributed by atoms with Gasteiger partial charge in [-0.3, -0.25) is 0 Å². The highest BCUT2D eigenvalue weighted by atomic mass is 19.1. The Balaban J connectivity index is 2.61. The number of rotatable bonds is 5. The molecule has 3 heteroatoms. The maximum atomic E-state index is 13.4. The zero-order chi connectivity index (χ0) is 11.3. The summed E-state index contributed by atoms with van der Waals surface area (Å²) >= 11 is 0. The van der Waals surface area contributed by atoms with Crippen molar-refractivity contribution < 1.29 is 9.50 Å². The second-order valence-corrected chi connectivity index (χ2v) is 3.81. The molecule has 0 fully saturated rings. The molecular weight excluding hydrogens is 193 g/mol. The van der Waals surface area contributed by atoms with Crippen molar-refractivity contribution in [2.45, 2.75) is 38.6 Å². The Labute approximate surface area is 89.9 Å². The fraction of sp³-hybridized carbons (Fsp3) is 0.500. The van der Waals surface area contributed by atoms with E-state index in [4.69, 9.17) is 10.8 Å². The quantitative estimate of drug-likeness (QED) is 0.735. The molecular formula is C12H18FNO. The monoisotopic (exact) mass is 211 g/mol. The number of halogens is 1. The third kappa shape index (κ3) is 3.51. The van der Waals surface area contributed by atoms with Crippen LogP contribution in [0.15, 0.2) is 18.2 Å². The number of hydrogen-bond donors (Lipinski definition) is 2. The van der Waals surface area contributed by atoms with Gasteiger partial charge < -0.3 is 10.8 Å². The molecule has 0 heterocycles. The van der Waals surface area contributed by atoms with E-state index in [1.165, 1.54) is 6.07 Å². The molecule has 0 saturated heterocycles. The Morgan fingerprint density at radius 1 is 1.40 bits per heavy atom. The van der Waals surface area contributed by atoms with E-state index in [0.29, 0.717) is 5.56 Å². The molecule has 0 spiro atoms. The summed E-state index contributed by atoms with van der Waals surface area (Å²) in [6.45, 7) is 2.12. The molecule has 0 aromatic heterocycles. The topological polar surface area (TPSA) is 46.2 Å². The lowest BCUT2D eigenvalue weighted by Crippen LogP contribution is -2.11. The van der Waals surface area contributed by atoms with Crippen LogP contribution in [0, 0.1) is 5.82 Å². The van der Waals surface area contributed by atoms with Crippen molar-refractivity contribution >= 4 is 0 Å². The van der Waals surface area contributed by atoms with Gasteiger partial charge >= 0.3 is 0 Å². The summed E-state index contributed by atoms with van der Waals surface area (Å²) in [7, 11) is 0. The van der Waals surface area contributed by atoms with Gasteiger partial charge in [0.2, 0.25) is 0 Å². The second kappa shape index (κ2) is 5.71. The fourth-order valence-corrected chi connectivity index (χ4v) is 1.59. The molecule has 1 atom stereocenters. The molecule has 0 unspecified atom stereocenters. The second-order valence-electron chi connectivity index (χ2n) is 3.81. The number of aromatic hydroxyl groups is 1. The number of phenolic OH excluding ortho intramolecular Hbond substituents is 1. The number of unbranched alkanes of at least 4 members (excludes halogenated alkanes) is 2. The molecule has 84 valence electrons. The molecule has 0 radical (unpaired) electrons. The summed E-state index contributed by atoms with van der Waals surface area (Å²) in [5.41, 5.74) is 6.35. The third-order valence-corrected chi connectivity index (χ3v) is 2.50. The molecule has 0 aliphatic carbocycles. The summed E-state index contributed by atoms with van der Waals surface area (Å²) in [4.78, 5) is 0. The first-order chi connectivity index (χ1) is 7.15. The van der Waals surface area contributed by atoms with Gasteiger partial charge in [0.1, 0.15) is 11.6 Å². The van der Waals surface area contributed by atoms with Crippen molar-refractivity contribution in [3.8, 4) is 5.75 Å². The predicted octanol–water partition coefficient (Wildman–Crippen LogP) is 3.11. The van der Waals surface area contributed by atoms with Crippen LogP contribution >= 0.6 is 0 Å². The van der Waals surface area contributed by atoms with Gasteiger partial charge in [-0.25, -0.2) is 4.39 Å². The lowest BCUT2D eigenvalue weighted by Gasteiger charge is -2.12. The van der Waals surface area contributed by atoms with Crippen LogP contribution in [0.2, 0.25) is 0 Å². The number of phenols is 1. The molecule has 0 amide bonds. The van der Waals surface area contributed by atoms with Crippen LogP contribution in [0.3, 0.4) is 0 Å². The first-order valence-electron chi connectivity index (χ1n) is 5.39. The van der Waals surface area contributed by atoms with Gasteiger partial charge in [0.25, 0.3) is 0 Å². The normalized spacial score (nSPS) is 12.7. The minimum absolute atomic E-state index is 0.0583. The van der Waals surface area contributed by atoms with E-state index in [-0.39, 0.29) is 11.8 Å². The Bertz CT molecular complexity index is 314. The van der Waals surface area contributed by atoms with Crippen LogP contribution in [0.5, 0.6) is 5.75 Å². The Hall–Kier alpha value is -1.09. The lowest BCUT2D eigenvalue weighted by molar-refractivity contribution is 0.464.